The number of benzene rings is 3. The quantitative estimate of drug-likeness (QED) is 0.542. The van der Waals surface area contributed by atoms with Crippen molar-refractivity contribution >= 4 is 11.6 Å². The van der Waals surface area contributed by atoms with Crippen molar-refractivity contribution in [3.05, 3.63) is 89.5 Å². The number of rotatable bonds is 7. The summed E-state index contributed by atoms with van der Waals surface area (Å²) in [5.74, 6) is 0.0827. The van der Waals surface area contributed by atoms with Crippen molar-refractivity contribution in [3.63, 3.8) is 0 Å². The molecule has 2 aliphatic heterocycles. The molecule has 3 aromatic carbocycles. The van der Waals surface area contributed by atoms with Gasteiger partial charge in [-0.2, -0.15) is 0 Å². The Morgan fingerprint density at radius 3 is 2.33 bits per heavy atom. The van der Waals surface area contributed by atoms with E-state index >= 15 is 0 Å². The zero-order valence-corrected chi connectivity index (χ0v) is 21.6. The summed E-state index contributed by atoms with van der Waals surface area (Å²) in [6.07, 6.45) is 2.74. The van der Waals surface area contributed by atoms with Gasteiger partial charge in [0.25, 0.3) is 0 Å². The Kier molecular flexibility index (Phi) is 7.69. The van der Waals surface area contributed by atoms with Crippen LogP contribution in [0.15, 0.2) is 72.8 Å². The molecule has 1 atom stereocenters. The van der Waals surface area contributed by atoms with Gasteiger partial charge >= 0.3 is 0 Å². The summed E-state index contributed by atoms with van der Waals surface area (Å²) < 4.78 is 0. The van der Waals surface area contributed by atoms with Gasteiger partial charge in [0.15, 0.2) is 0 Å². The summed E-state index contributed by atoms with van der Waals surface area (Å²) in [7, 11) is 4.37. The number of nitrogens with one attached hydrogen (secondary N) is 1. The molecule has 0 radical (unpaired) electrons. The zero-order chi connectivity index (χ0) is 24.9. The number of nitrogens with zero attached hydrogens (tertiary/aromatic N) is 3. The van der Waals surface area contributed by atoms with E-state index in [4.69, 9.17) is 0 Å². The molecule has 1 saturated heterocycles. The average molecular weight is 483 g/mol. The molecule has 1 amide bonds. The van der Waals surface area contributed by atoms with Crippen molar-refractivity contribution < 1.29 is 4.79 Å². The van der Waals surface area contributed by atoms with E-state index < -0.39 is 0 Å². The SMILES string of the molecule is CN1CCN([C@@H](CNC(=O)Cc2ccc(-c3ccccc3)cc2)c2ccc3c(c2)CCCN3C)CC1. The molecule has 188 valence electrons. The minimum absolute atomic E-state index is 0.0827. The third kappa shape index (κ3) is 5.80. The van der Waals surface area contributed by atoms with Gasteiger partial charge in [-0.25, -0.2) is 0 Å². The van der Waals surface area contributed by atoms with E-state index in [2.05, 4.69) is 88.7 Å². The third-order valence-electron chi connectivity index (χ3n) is 7.74. The lowest BCUT2D eigenvalue weighted by atomic mass is 9.95. The van der Waals surface area contributed by atoms with E-state index in [1.165, 1.54) is 34.4 Å². The van der Waals surface area contributed by atoms with Gasteiger partial charge in [0.1, 0.15) is 0 Å². The molecular formula is C31H38N4O. The molecule has 0 aromatic heterocycles. The van der Waals surface area contributed by atoms with Crippen LogP contribution in [0, 0.1) is 0 Å². The first kappa shape index (κ1) is 24.5. The van der Waals surface area contributed by atoms with Gasteiger partial charge in [-0.05, 0) is 53.8 Å². The molecule has 0 unspecified atom stereocenters. The smallest absolute Gasteiger partial charge is 0.224 e. The number of piperazine rings is 1. The molecule has 5 rings (SSSR count). The van der Waals surface area contributed by atoms with Crippen LogP contribution in [0.4, 0.5) is 5.69 Å². The van der Waals surface area contributed by atoms with E-state index in [1.807, 2.05) is 18.2 Å². The molecule has 36 heavy (non-hydrogen) atoms. The van der Waals surface area contributed by atoms with Crippen molar-refractivity contribution in [1.29, 1.82) is 0 Å². The first-order valence-electron chi connectivity index (χ1n) is 13.2. The number of aryl methyl sites for hydroxylation is 1. The van der Waals surface area contributed by atoms with Crippen molar-refractivity contribution in [1.82, 2.24) is 15.1 Å². The minimum Gasteiger partial charge on any atom is -0.374 e. The number of amides is 1. The number of anilines is 1. The summed E-state index contributed by atoms with van der Waals surface area (Å²) in [5.41, 5.74) is 7.52. The van der Waals surface area contributed by atoms with Crippen LogP contribution in [0.2, 0.25) is 0 Å². The monoisotopic (exact) mass is 482 g/mol. The molecule has 1 N–H and O–H groups in total. The number of fused-ring (bicyclic) bond motifs is 1. The van der Waals surface area contributed by atoms with E-state index in [-0.39, 0.29) is 11.9 Å². The summed E-state index contributed by atoms with van der Waals surface area (Å²) in [6, 6.07) is 25.8. The van der Waals surface area contributed by atoms with E-state index in [9.17, 15) is 4.79 Å². The van der Waals surface area contributed by atoms with Crippen LogP contribution in [0.1, 0.15) is 29.2 Å². The summed E-state index contributed by atoms with van der Waals surface area (Å²) in [5, 5.41) is 3.27. The molecule has 3 aromatic rings. The molecule has 5 nitrogen and oxygen atoms in total. The van der Waals surface area contributed by atoms with Crippen LogP contribution in [0.5, 0.6) is 0 Å². The fraction of sp³-hybridized carbons (Fsp3) is 0.387. The summed E-state index contributed by atoms with van der Waals surface area (Å²) >= 11 is 0. The van der Waals surface area contributed by atoms with Crippen LogP contribution >= 0.6 is 0 Å². The van der Waals surface area contributed by atoms with Gasteiger partial charge in [0, 0.05) is 52.0 Å². The second kappa shape index (κ2) is 11.3. The van der Waals surface area contributed by atoms with Gasteiger partial charge in [-0.3, -0.25) is 9.69 Å². The first-order valence-corrected chi connectivity index (χ1v) is 13.2. The average Bonchev–Trinajstić information content (AvgIpc) is 2.91. The molecule has 0 saturated carbocycles. The highest BCUT2D eigenvalue weighted by atomic mass is 16.1. The van der Waals surface area contributed by atoms with Gasteiger partial charge in [0.05, 0.1) is 12.5 Å². The van der Waals surface area contributed by atoms with Crippen molar-refractivity contribution in [2.45, 2.75) is 25.3 Å². The van der Waals surface area contributed by atoms with E-state index in [1.54, 1.807) is 0 Å². The Bertz CT molecular complexity index is 1150. The number of carbonyl (C=O) groups excluding carboxylic acids is 1. The lowest BCUT2D eigenvalue weighted by molar-refractivity contribution is -0.120. The third-order valence-corrected chi connectivity index (χ3v) is 7.74. The molecule has 5 heteroatoms. The number of hydrogen-bond acceptors (Lipinski definition) is 4. The van der Waals surface area contributed by atoms with Gasteiger partial charge in [-0.15, -0.1) is 0 Å². The highest BCUT2D eigenvalue weighted by molar-refractivity contribution is 5.79. The Morgan fingerprint density at radius 2 is 1.58 bits per heavy atom. The van der Waals surface area contributed by atoms with E-state index in [0.717, 1.165) is 44.7 Å². The van der Waals surface area contributed by atoms with Crippen LogP contribution in [0.25, 0.3) is 11.1 Å². The van der Waals surface area contributed by atoms with Gasteiger partial charge in [-0.1, -0.05) is 66.7 Å². The molecule has 0 bridgehead atoms. The summed E-state index contributed by atoms with van der Waals surface area (Å²) in [6.45, 7) is 5.93. The maximum Gasteiger partial charge on any atom is 0.224 e. The lowest BCUT2D eigenvalue weighted by Gasteiger charge is -2.39. The largest absolute Gasteiger partial charge is 0.374 e. The highest BCUT2D eigenvalue weighted by Crippen LogP contribution is 2.31. The number of carbonyl (C=O) groups is 1. The van der Waals surface area contributed by atoms with Gasteiger partial charge in [0.2, 0.25) is 5.91 Å². The topological polar surface area (TPSA) is 38.8 Å². The Balaban J connectivity index is 1.26. The van der Waals surface area contributed by atoms with Crippen LogP contribution in [-0.4, -0.2) is 69.1 Å². The Hall–Kier alpha value is -3.15. The second-order valence-corrected chi connectivity index (χ2v) is 10.3. The zero-order valence-electron chi connectivity index (χ0n) is 21.6. The molecular weight excluding hydrogens is 444 g/mol. The predicted molar refractivity (Wildman–Crippen MR) is 148 cm³/mol. The fourth-order valence-corrected chi connectivity index (χ4v) is 5.51. The normalized spacial score (nSPS) is 17.4. The van der Waals surface area contributed by atoms with E-state index in [0.29, 0.717) is 13.0 Å². The minimum atomic E-state index is 0.0827. The maximum atomic E-state index is 13.0. The van der Waals surface area contributed by atoms with Crippen molar-refractivity contribution in [3.8, 4) is 11.1 Å². The fourth-order valence-electron chi connectivity index (χ4n) is 5.51. The van der Waals surface area contributed by atoms with Crippen LogP contribution < -0.4 is 10.2 Å². The Labute approximate surface area is 215 Å². The van der Waals surface area contributed by atoms with Crippen LogP contribution in [-0.2, 0) is 17.6 Å². The molecule has 0 spiro atoms. The Morgan fingerprint density at radius 1 is 0.861 bits per heavy atom. The van der Waals surface area contributed by atoms with Crippen molar-refractivity contribution in [2.75, 3.05) is 58.3 Å². The van der Waals surface area contributed by atoms with Crippen LogP contribution in [0.3, 0.4) is 0 Å². The highest BCUT2D eigenvalue weighted by Gasteiger charge is 2.26. The predicted octanol–water partition coefficient (Wildman–Crippen LogP) is 4.38. The molecule has 2 heterocycles. The first-order chi connectivity index (χ1) is 17.6. The second-order valence-electron chi connectivity index (χ2n) is 10.3. The standard InChI is InChI=1S/C31H38N4O/c1-33-17-19-35(20-18-33)30(28-14-15-29-27(22-28)9-6-16-34(29)2)23-32-31(36)21-24-10-12-26(13-11-24)25-7-4-3-5-8-25/h3-5,7-8,10-15,22,30H,6,9,16-21,23H2,1-2H3,(H,32,36)/t30-/m0/s1. The maximum absolute atomic E-state index is 13.0. The number of likely N-dealkylation sites (N-methyl/N-ethyl adjacent to an activating group) is 1. The molecule has 1 fully saturated rings. The lowest BCUT2D eigenvalue weighted by Crippen LogP contribution is -2.48. The molecule has 0 aliphatic carbocycles. The molecule has 2 aliphatic rings. The van der Waals surface area contributed by atoms with Crippen molar-refractivity contribution in [2.24, 2.45) is 0 Å². The number of hydrogen-bond donors (Lipinski definition) is 1. The summed E-state index contributed by atoms with van der Waals surface area (Å²) in [4.78, 5) is 20.3. The van der Waals surface area contributed by atoms with Gasteiger partial charge < -0.3 is 15.1 Å².